The highest BCUT2D eigenvalue weighted by Gasteiger charge is 2.21. The van der Waals surface area contributed by atoms with Gasteiger partial charge in [-0.15, -0.1) is 0 Å². The molecule has 1 rings (SSSR count). The summed E-state index contributed by atoms with van der Waals surface area (Å²) < 4.78 is 0. The zero-order valence-corrected chi connectivity index (χ0v) is 11.8. The van der Waals surface area contributed by atoms with Crippen LogP contribution in [-0.4, -0.2) is 48.3 Å². The summed E-state index contributed by atoms with van der Waals surface area (Å²) >= 11 is 0. The summed E-state index contributed by atoms with van der Waals surface area (Å²) in [6, 6.07) is 0.683. The van der Waals surface area contributed by atoms with Crippen molar-refractivity contribution in [1.82, 2.24) is 10.2 Å². The first-order valence-corrected chi connectivity index (χ1v) is 7.25. The van der Waals surface area contributed by atoms with E-state index in [9.17, 15) is 5.11 Å². The van der Waals surface area contributed by atoms with E-state index in [2.05, 4.69) is 31.0 Å². The minimum absolute atomic E-state index is 0.234. The molecule has 1 saturated heterocycles. The van der Waals surface area contributed by atoms with Crippen molar-refractivity contribution in [2.24, 2.45) is 5.92 Å². The van der Waals surface area contributed by atoms with Gasteiger partial charge in [0.15, 0.2) is 0 Å². The Hall–Kier alpha value is -0.120. The second kappa shape index (κ2) is 8.06. The molecule has 0 spiro atoms. The van der Waals surface area contributed by atoms with E-state index in [0.29, 0.717) is 6.04 Å². The van der Waals surface area contributed by atoms with E-state index in [0.717, 1.165) is 12.5 Å². The third-order valence-electron chi connectivity index (χ3n) is 3.67. The lowest BCUT2D eigenvalue weighted by atomic mass is 9.92. The largest absolute Gasteiger partial charge is 0.395 e. The number of likely N-dealkylation sites (tertiary alicyclic amines) is 1. The van der Waals surface area contributed by atoms with Gasteiger partial charge in [0.25, 0.3) is 0 Å². The molecular formula is C14H30N2O. The fraction of sp³-hybridized carbons (Fsp3) is 1.00. The van der Waals surface area contributed by atoms with E-state index in [1.165, 1.54) is 38.8 Å². The predicted molar refractivity (Wildman–Crippen MR) is 73.2 cm³/mol. The number of rotatable bonds is 7. The van der Waals surface area contributed by atoms with Crippen molar-refractivity contribution >= 4 is 0 Å². The number of piperidine rings is 1. The quantitative estimate of drug-likeness (QED) is 0.715. The predicted octanol–water partition coefficient (Wildman–Crippen LogP) is 1.86. The summed E-state index contributed by atoms with van der Waals surface area (Å²) in [7, 11) is 0. The number of hydrogen-bond acceptors (Lipinski definition) is 3. The van der Waals surface area contributed by atoms with Crippen molar-refractivity contribution in [3.8, 4) is 0 Å². The van der Waals surface area contributed by atoms with Crippen LogP contribution >= 0.6 is 0 Å². The fourth-order valence-corrected chi connectivity index (χ4v) is 2.81. The molecule has 1 atom stereocenters. The topological polar surface area (TPSA) is 35.5 Å². The lowest BCUT2D eigenvalue weighted by Crippen LogP contribution is -2.48. The van der Waals surface area contributed by atoms with E-state index in [4.69, 9.17) is 0 Å². The van der Waals surface area contributed by atoms with E-state index in [-0.39, 0.29) is 12.6 Å². The molecule has 0 bridgehead atoms. The molecule has 1 heterocycles. The van der Waals surface area contributed by atoms with Gasteiger partial charge < -0.3 is 15.3 Å². The van der Waals surface area contributed by atoms with Gasteiger partial charge in [-0.05, 0) is 31.8 Å². The lowest BCUT2D eigenvalue weighted by Gasteiger charge is -2.34. The van der Waals surface area contributed by atoms with Crippen molar-refractivity contribution in [3.63, 3.8) is 0 Å². The highest BCUT2D eigenvalue weighted by atomic mass is 16.3. The van der Waals surface area contributed by atoms with Crippen LogP contribution in [0.2, 0.25) is 0 Å². The Morgan fingerprint density at radius 1 is 1.29 bits per heavy atom. The van der Waals surface area contributed by atoms with Crippen molar-refractivity contribution in [3.05, 3.63) is 0 Å². The van der Waals surface area contributed by atoms with Gasteiger partial charge in [-0.3, -0.25) is 0 Å². The molecule has 3 heteroatoms. The van der Waals surface area contributed by atoms with Crippen molar-refractivity contribution in [2.75, 3.05) is 26.2 Å². The van der Waals surface area contributed by atoms with Crippen LogP contribution in [0.15, 0.2) is 0 Å². The molecule has 0 saturated carbocycles. The van der Waals surface area contributed by atoms with Gasteiger partial charge in [-0.2, -0.15) is 0 Å². The van der Waals surface area contributed by atoms with E-state index < -0.39 is 0 Å². The number of hydrogen-bond donors (Lipinski definition) is 2. The summed E-state index contributed by atoms with van der Waals surface area (Å²) in [5, 5.41) is 12.8. The summed E-state index contributed by atoms with van der Waals surface area (Å²) in [5.41, 5.74) is 0. The molecule has 0 aliphatic carbocycles. The third-order valence-corrected chi connectivity index (χ3v) is 3.67. The minimum atomic E-state index is 0.234. The van der Waals surface area contributed by atoms with Gasteiger partial charge in [-0.1, -0.05) is 33.6 Å². The highest BCUT2D eigenvalue weighted by Crippen LogP contribution is 2.21. The molecule has 102 valence electrons. The summed E-state index contributed by atoms with van der Waals surface area (Å²) in [6.07, 6.45) is 5.39. The molecule has 0 aromatic heterocycles. The number of nitrogens with one attached hydrogen (secondary N) is 1. The zero-order valence-electron chi connectivity index (χ0n) is 11.8. The third kappa shape index (κ3) is 5.84. The van der Waals surface area contributed by atoms with Crippen LogP contribution in [0.5, 0.6) is 0 Å². The number of aliphatic hydroxyl groups excluding tert-OH is 1. The Kier molecular flexibility index (Phi) is 7.09. The van der Waals surface area contributed by atoms with Crippen LogP contribution in [0.1, 0.15) is 46.5 Å². The molecule has 1 aliphatic heterocycles. The SMILES string of the molecule is CCCC1CCN(CC(CO)NC(C)C)CC1. The minimum Gasteiger partial charge on any atom is -0.395 e. The fourth-order valence-electron chi connectivity index (χ4n) is 2.81. The molecule has 17 heavy (non-hydrogen) atoms. The van der Waals surface area contributed by atoms with Crippen LogP contribution < -0.4 is 5.32 Å². The Balaban J connectivity index is 2.23. The first-order valence-electron chi connectivity index (χ1n) is 7.25. The van der Waals surface area contributed by atoms with Gasteiger partial charge in [0.2, 0.25) is 0 Å². The molecule has 0 aromatic rings. The zero-order chi connectivity index (χ0) is 12.7. The smallest absolute Gasteiger partial charge is 0.0597 e. The monoisotopic (exact) mass is 242 g/mol. The maximum absolute atomic E-state index is 9.35. The van der Waals surface area contributed by atoms with Crippen LogP contribution in [-0.2, 0) is 0 Å². The van der Waals surface area contributed by atoms with Gasteiger partial charge >= 0.3 is 0 Å². The van der Waals surface area contributed by atoms with Gasteiger partial charge in [-0.25, -0.2) is 0 Å². The lowest BCUT2D eigenvalue weighted by molar-refractivity contribution is 0.136. The van der Waals surface area contributed by atoms with Crippen molar-refractivity contribution in [2.45, 2.75) is 58.5 Å². The Bertz CT molecular complexity index is 189. The maximum atomic E-state index is 9.35. The van der Waals surface area contributed by atoms with Crippen LogP contribution in [0.25, 0.3) is 0 Å². The van der Waals surface area contributed by atoms with Gasteiger partial charge in [0.1, 0.15) is 0 Å². The van der Waals surface area contributed by atoms with Crippen LogP contribution in [0.3, 0.4) is 0 Å². The standard InChI is InChI=1S/C14H30N2O/c1-4-5-13-6-8-16(9-7-13)10-14(11-17)15-12(2)3/h12-15,17H,4-11H2,1-3H3. The molecule has 1 unspecified atom stereocenters. The summed E-state index contributed by atoms with van der Waals surface area (Å²) in [4.78, 5) is 2.50. The van der Waals surface area contributed by atoms with E-state index >= 15 is 0 Å². The molecule has 0 aromatic carbocycles. The average molecular weight is 242 g/mol. The van der Waals surface area contributed by atoms with E-state index in [1.54, 1.807) is 0 Å². The maximum Gasteiger partial charge on any atom is 0.0597 e. The average Bonchev–Trinajstić information content (AvgIpc) is 2.30. The summed E-state index contributed by atoms with van der Waals surface area (Å²) in [6.45, 7) is 10.2. The Labute approximate surface area is 107 Å². The van der Waals surface area contributed by atoms with Gasteiger partial charge in [0.05, 0.1) is 6.61 Å². The Morgan fingerprint density at radius 3 is 2.41 bits per heavy atom. The Morgan fingerprint density at radius 2 is 1.94 bits per heavy atom. The number of aliphatic hydroxyl groups is 1. The normalized spacial score (nSPS) is 21.0. The summed E-state index contributed by atoms with van der Waals surface area (Å²) in [5.74, 6) is 0.946. The molecule has 1 fully saturated rings. The first kappa shape index (κ1) is 14.9. The molecule has 2 N–H and O–H groups in total. The second-order valence-corrected chi connectivity index (χ2v) is 5.73. The van der Waals surface area contributed by atoms with Crippen molar-refractivity contribution < 1.29 is 5.11 Å². The first-order chi connectivity index (χ1) is 8.15. The highest BCUT2D eigenvalue weighted by molar-refractivity contribution is 4.78. The molecular weight excluding hydrogens is 212 g/mol. The second-order valence-electron chi connectivity index (χ2n) is 5.73. The molecule has 3 nitrogen and oxygen atoms in total. The van der Waals surface area contributed by atoms with Crippen molar-refractivity contribution in [1.29, 1.82) is 0 Å². The molecule has 0 radical (unpaired) electrons. The van der Waals surface area contributed by atoms with E-state index in [1.807, 2.05) is 0 Å². The molecule has 0 amide bonds. The number of nitrogens with zero attached hydrogens (tertiary/aromatic N) is 1. The van der Waals surface area contributed by atoms with Crippen LogP contribution in [0.4, 0.5) is 0 Å². The molecule has 1 aliphatic rings. The van der Waals surface area contributed by atoms with Crippen LogP contribution in [0, 0.1) is 5.92 Å². The van der Waals surface area contributed by atoms with Gasteiger partial charge in [0, 0.05) is 18.6 Å².